The van der Waals surface area contributed by atoms with E-state index in [-0.39, 0.29) is 23.0 Å². The van der Waals surface area contributed by atoms with Gasteiger partial charge in [-0.3, -0.25) is 9.59 Å². The molecule has 5 N–H and O–H groups in total. The van der Waals surface area contributed by atoms with Gasteiger partial charge in [0.2, 0.25) is 5.91 Å². The Balaban J connectivity index is 0.000000838. The first-order chi connectivity index (χ1) is 23.1. The Labute approximate surface area is 291 Å². The number of nitrogens with two attached hydrogens (primary N) is 1. The Morgan fingerprint density at radius 3 is 1.96 bits per heavy atom. The van der Waals surface area contributed by atoms with Crippen molar-refractivity contribution in [3.8, 4) is 16.9 Å². The molecule has 0 saturated carbocycles. The number of rotatable bonds is 12. The largest absolute Gasteiger partial charge is 0.508 e. The van der Waals surface area contributed by atoms with Crippen LogP contribution in [-0.2, 0) is 29.0 Å². The molecule has 49 heavy (non-hydrogen) atoms. The number of carboxylic acids is 1. The van der Waals surface area contributed by atoms with Gasteiger partial charge >= 0.3 is 12.1 Å². The monoisotopic (exact) mass is 741 g/mol. The Hall–Kier alpha value is -4.68. The van der Waals surface area contributed by atoms with Gasteiger partial charge in [-0.05, 0) is 76.5 Å². The van der Waals surface area contributed by atoms with Crippen molar-refractivity contribution in [2.24, 2.45) is 11.1 Å². The number of halogens is 4. The molecular formula is C37H39BrF3N3O5. The summed E-state index contributed by atoms with van der Waals surface area (Å²) in [6.07, 6.45) is -4.10. The number of hydrogen-bond donors (Lipinski definition) is 4. The van der Waals surface area contributed by atoms with Crippen molar-refractivity contribution in [2.75, 3.05) is 19.6 Å². The predicted molar refractivity (Wildman–Crippen MR) is 186 cm³/mol. The lowest BCUT2D eigenvalue weighted by molar-refractivity contribution is -0.192. The SMILES string of the molecule is CC(C)(CN)CNC(=O)c1ccccc1-c1ccc(CN(CCc2ccc(O)cc2)C(=O)Cc2ccc(Br)cc2)cc1.O=C(O)C(F)(F)F. The molecular weight excluding hydrogens is 703 g/mol. The zero-order valence-corrected chi connectivity index (χ0v) is 28.7. The van der Waals surface area contributed by atoms with Gasteiger partial charge < -0.3 is 26.2 Å². The summed E-state index contributed by atoms with van der Waals surface area (Å²) in [5, 5.41) is 19.8. The predicted octanol–water partition coefficient (Wildman–Crippen LogP) is 6.98. The molecule has 0 aromatic heterocycles. The van der Waals surface area contributed by atoms with Crippen LogP contribution in [0.1, 0.15) is 40.9 Å². The minimum atomic E-state index is -5.08. The van der Waals surface area contributed by atoms with E-state index in [2.05, 4.69) is 21.2 Å². The molecule has 0 spiro atoms. The van der Waals surface area contributed by atoms with Gasteiger partial charge in [0.15, 0.2) is 0 Å². The third-order valence-electron chi connectivity index (χ3n) is 7.56. The maximum absolute atomic E-state index is 13.5. The van der Waals surface area contributed by atoms with E-state index in [1.54, 1.807) is 12.1 Å². The fourth-order valence-corrected chi connectivity index (χ4v) is 4.80. The van der Waals surface area contributed by atoms with E-state index >= 15 is 0 Å². The number of nitrogens with one attached hydrogen (secondary N) is 1. The van der Waals surface area contributed by atoms with Crippen molar-refractivity contribution in [1.82, 2.24) is 10.2 Å². The maximum Gasteiger partial charge on any atom is 0.490 e. The van der Waals surface area contributed by atoms with E-state index < -0.39 is 12.1 Å². The summed E-state index contributed by atoms with van der Waals surface area (Å²) < 4.78 is 32.7. The van der Waals surface area contributed by atoms with Crippen LogP contribution in [0.25, 0.3) is 11.1 Å². The Kier molecular flexibility index (Phi) is 14.0. The summed E-state index contributed by atoms with van der Waals surface area (Å²) >= 11 is 3.45. The molecule has 0 unspecified atom stereocenters. The van der Waals surface area contributed by atoms with Crippen molar-refractivity contribution < 1.29 is 37.8 Å². The van der Waals surface area contributed by atoms with Crippen molar-refractivity contribution in [3.63, 3.8) is 0 Å². The Morgan fingerprint density at radius 2 is 1.39 bits per heavy atom. The number of alkyl halides is 3. The summed E-state index contributed by atoms with van der Waals surface area (Å²) in [5.74, 6) is -2.62. The van der Waals surface area contributed by atoms with Gasteiger partial charge in [-0.15, -0.1) is 0 Å². The van der Waals surface area contributed by atoms with Crippen LogP contribution in [-0.4, -0.2) is 58.7 Å². The minimum absolute atomic E-state index is 0.0441. The average Bonchev–Trinajstić information content (AvgIpc) is 3.07. The number of carboxylic acid groups (broad SMARTS) is 1. The first-order valence-electron chi connectivity index (χ1n) is 15.3. The van der Waals surface area contributed by atoms with Gasteiger partial charge in [-0.1, -0.05) is 96.5 Å². The minimum Gasteiger partial charge on any atom is -0.508 e. The second-order valence-electron chi connectivity index (χ2n) is 12.1. The van der Waals surface area contributed by atoms with Crippen LogP contribution in [0, 0.1) is 5.41 Å². The number of phenolic OH excluding ortho intramolecular Hbond substituents is 1. The molecule has 0 aliphatic carbocycles. The lowest BCUT2D eigenvalue weighted by Crippen LogP contribution is -2.38. The lowest BCUT2D eigenvalue weighted by atomic mass is 9.93. The third-order valence-corrected chi connectivity index (χ3v) is 8.09. The van der Waals surface area contributed by atoms with Gasteiger partial charge in [0.25, 0.3) is 5.91 Å². The van der Waals surface area contributed by atoms with Gasteiger partial charge in [0.05, 0.1) is 6.42 Å². The van der Waals surface area contributed by atoms with Crippen molar-refractivity contribution in [2.45, 2.75) is 39.4 Å². The summed E-state index contributed by atoms with van der Waals surface area (Å²) in [7, 11) is 0. The molecule has 0 aliphatic rings. The number of carbonyl (C=O) groups excluding carboxylic acids is 2. The highest BCUT2D eigenvalue weighted by molar-refractivity contribution is 9.10. The van der Waals surface area contributed by atoms with Crippen LogP contribution in [0.4, 0.5) is 13.2 Å². The van der Waals surface area contributed by atoms with E-state index in [1.165, 1.54) is 0 Å². The number of phenols is 1. The van der Waals surface area contributed by atoms with Crippen molar-refractivity contribution in [3.05, 3.63) is 124 Å². The molecule has 0 atom stereocenters. The van der Waals surface area contributed by atoms with E-state index in [1.807, 2.05) is 104 Å². The fourth-order valence-electron chi connectivity index (χ4n) is 4.54. The molecule has 4 aromatic carbocycles. The lowest BCUT2D eigenvalue weighted by Gasteiger charge is -2.24. The van der Waals surface area contributed by atoms with Gasteiger partial charge in [0.1, 0.15) is 5.75 Å². The molecule has 260 valence electrons. The van der Waals surface area contributed by atoms with E-state index in [4.69, 9.17) is 15.6 Å². The molecule has 4 rings (SSSR count). The third kappa shape index (κ3) is 12.7. The molecule has 0 radical (unpaired) electrons. The summed E-state index contributed by atoms with van der Waals surface area (Å²) in [4.78, 5) is 37.3. The second-order valence-corrected chi connectivity index (χ2v) is 13.0. The number of aromatic hydroxyl groups is 1. The zero-order chi connectivity index (χ0) is 36.2. The van der Waals surface area contributed by atoms with E-state index in [9.17, 15) is 27.9 Å². The summed E-state index contributed by atoms with van der Waals surface area (Å²) in [5.41, 5.74) is 11.0. The molecule has 0 fully saturated rings. The van der Waals surface area contributed by atoms with E-state index in [0.29, 0.717) is 44.6 Å². The molecule has 2 amide bonds. The summed E-state index contributed by atoms with van der Waals surface area (Å²) in [6.45, 7) is 6.02. The highest BCUT2D eigenvalue weighted by Crippen LogP contribution is 2.25. The number of benzene rings is 4. The molecule has 4 aromatic rings. The standard InChI is InChI=1S/C35H38BrN3O3.C2HF3O2/c1-35(2,23-37)24-38-34(42)32-6-4-3-5-31(32)28-13-7-27(8-14-28)22-39(20-19-25-11-17-30(40)18-12-25)33(41)21-26-9-15-29(36)16-10-26;3-2(4,5)1(6)7/h3-18,40H,19-24,37H2,1-2H3,(H,38,42);(H,6,7). The van der Waals surface area contributed by atoms with Crippen LogP contribution >= 0.6 is 15.9 Å². The number of hydrogen-bond acceptors (Lipinski definition) is 5. The van der Waals surface area contributed by atoms with Crippen LogP contribution in [0.15, 0.2) is 102 Å². The molecule has 0 bridgehead atoms. The van der Waals surface area contributed by atoms with Crippen LogP contribution in [0.2, 0.25) is 0 Å². The number of amides is 2. The average molecular weight is 743 g/mol. The van der Waals surface area contributed by atoms with Crippen LogP contribution in [0.3, 0.4) is 0 Å². The van der Waals surface area contributed by atoms with Gasteiger partial charge in [-0.25, -0.2) is 4.79 Å². The number of aliphatic carboxylic acids is 1. The zero-order valence-electron chi connectivity index (χ0n) is 27.1. The highest BCUT2D eigenvalue weighted by atomic mass is 79.9. The quantitative estimate of drug-likeness (QED) is 0.124. The Morgan fingerprint density at radius 1 is 0.837 bits per heavy atom. The molecule has 0 aliphatic heterocycles. The molecule has 12 heteroatoms. The number of nitrogens with zero attached hydrogens (tertiary/aromatic N) is 1. The highest BCUT2D eigenvalue weighted by Gasteiger charge is 2.38. The Bertz CT molecular complexity index is 1690. The van der Waals surface area contributed by atoms with E-state index in [0.717, 1.165) is 32.3 Å². The first kappa shape index (κ1) is 38.8. The molecule has 0 saturated heterocycles. The topological polar surface area (TPSA) is 133 Å². The summed E-state index contributed by atoms with van der Waals surface area (Å²) in [6, 6.07) is 30.5. The normalized spacial score (nSPS) is 11.2. The molecule has 0 heterocycles. The maximum atomic E-state index is 13.5. The van der Waals surface area contributed by atoms with Gasteiger partial charge in [-0.2, -0.15) is 13.2 Å². The second kappa shape index (κ2) is 17.6. The smallest absolute Gasteiger partial charge is 0.490 e. The first-order valence-corrected chi connectivity index (χ1v) is 16.1. The van der Waals surface area contributed by atoms with Gasteiger partial charge in [0, 0.05) is 29.7 Å². The fraction of sp³-hybridized carbons (Fsp3) is 0.270. The number of carbonyl (C=O) groups is 3. The van der Waals surface area contributed by atoms with Crippen molar-refractivity contribution in [1.29, 1.82) is 0 Å². The van der Waals surface area contributed by atoms with Crippen LogP contribution in [0.5, 0.6) is 5.75 Å². The van der Waals surface area contributed by atoms with Crippen LogP contribution < -0.4 is 11.1 Å². The molecule has 8 nitrogen and oxygen atoms in total. The van der Waals surface area contributed by atoms with Crippen molar-refractivity contribution >= 4 is 33.7 Å².